The lowest BCUT2D eigenvalue weighted by molar-refractivity contribution is -0.145. The summed E-state index contributed by atoms with van der Waals surface area (Å²) in [6.07, 6.45) is 4.14. The number of hydrogen-bond acceptors (Lipinski definition) is 6. The Morgan fingerprint density at radius 3 is 2.53 bits per heavy atom. The zero-order valence-electron chi connectivity index (χ0n) is 17.2. The van der Waals surface area contributed by atoms with Gasteiger partial charge in [-0.1, -0.05) is 31.1 Å². The Morgan fingerprint density at radius 2 is 1.90 bits per heavy atom. The van der Waals surface area contributed by atoms with Gasteiger partial charge in [-0.15, -0.1) is 0 Å². The molecule has 2 heterocycles. The van der Waals surface area contributed by atoms with Gasteiger partial charge >= 0.3 is 5.97 Å². The maximum atomic E-state index is 10.9. The molecule has 1 aliphatic carbocycles. The van der Waals surface area contributed by atoms with E-state index in [1.165, 1.54) is 5.56 Å². The normalized spacial score (nSPS) is 18.4. The van der Waals surface area contributed by atoms with Crippen molar-refractivity contribution >= 4 is 5.97 Å². The number of benzene rings is 1. The molecule has 1 aliphatic rings. The Bertz CT molecular complexity index is 990. The van der Waals surface area contributed by atoms with Crippen LogP contribution >= 0.6 is 0 Å². The molecule has 7 nitrogen and oxygen atoms in total. The van der Waals surface area contributed by atoms with Crippen LogP contribution in [0.25, 0.3) is 22.8 Å². The number of carboxylic acids is 1. The van der Waals surface area contributed by atoms with Crippen molar-refractivity contribution in [3.05, 3.63) is 53.9 Å². The van der Waals surface area contributed by atoms with Crippen molar-refractivity contribution in [2.24, 2.45) is 11.8 Å². The van der Waals surface area contributed by atoms with Gasteiger partial charge < -0.3 is 14.9 Å². The highest BCUT2D eigenvalue weighted by Crippen LogP contribution is 2.28. The SMILES string of the molecule is CC(C)Cc1ccc(-c2nc(-c3ccc(CNC4CC(C(=O)O)C4)nc3)no2)cc1. The molecule has 2 N–H and O–H groups in total. The fourth-order valence-electron chi connectivity index (χ4n) is 3.61. The maximum absolute atomic E-state index is 10.9. The molecular formula is C23H26N4O3. The van der Waals surface area contributed by atoms with Crippen LogP contribution in [0.1, 0.15) is 37.9 Å². The third-order valence-corrected chi connectivity index (χ3v) is 5.41. The van der Waals surface area contributed by atoms with E-state index in [1.54, 1.807) is 6.20 Å². The number of rotatable bonds is 8. The number of aromatic nitrogens is 3. The van der Waals surface area contributed by atoms with Gasteiger partial charge in [0, 0.05) is 29.9 Å². The summed E-state index contributed by atoms with van der Waals surface area (Å²) in [5, 5.41) is 16.4. The van der Waals surface area contributed by atoms with Crippen molar-refractivity contribution in [1.29, 1.82) is 0 Å². The van der Waals surface area contributed by atoms with Crippen LogP contribution in [-0.4, -0.2) is 32.2 Å². The highest BCUT2D eigenvalue weighted by Gasteiger charge is 2.33. The van der Waals surface area contributed by atoms with E-state index >= 15 is 0 Å². The molecule has 156 valence electrons. The van der Waals surface area contributed by atoms with Gasteiger partial charge in [0.25, 0.3) is 5.89 Å². The second kappa shape index (κ2) is 8.75. The second-order valence-corrected chi connectivity index (χ2v) is 8.34. The monoisotopic (exact) mass is 406 g/mol. The van der Waals surface area contributed by atoms with E-state index < -0.39 is 5.97 Å². The molecule has 4 rings (SSSR count). The number of carboxylic acid groups (broad SMARTS) is 1. The lowest BCUT2D eigenvalue weighted by atomic mass is 9.80. The maximum Gasteiger partial charge on any atom is 0.306 e. The summed E-state index contributed by atoms with van der Waals surface area (Å²) in [7, 11) is 0. The van der Waals surface area contributed by atoms with Gasteiger partial charge in [0.05, 0.1) is 11.6 Å². The van der Waals surface area contributed by atoms with E-state index in [4.69, 9.17) is 9.63 Å². The van der Waals surface area contributed by atoms with E-state index in [0.29, 0.717) is 37.0 Å². The number of carbonyl (C=O) groups is 1. The van der Waals surface area contributed by atoms with Crippen molar-refractivity contribution in [3.8, 4) is 22.8 Å². The summed E-state index contributed by atoms with van der Waals surface area (Å²) in [4.78, 5) is 19.8. The Hall–Kier alpha value is -3.06. The van der Waals surface area contributed by atoms with Crippen LogP contribution in [-0.2, 0) is 17.8 Å². The number of hydrogen-bond donors (Lipinski definition) is 2. The van der Waals surface area contributed by atoms with Gasteiger partial charge in [-0.25, -0.2) is 0 Å². The topological polar surface area (TPSA) is 101 Å². The lowest BCUT2D eigenvalue weighted by Crippen LogP contribution is -2.43. The largest absolute Gasteiger partial charge is 0.481 e. The third kappa shape index (κ3) is 4.74. The average Bonchev–Trinajstić information content (AvgIpc) is 3.17. The molecule has 1 aromatic carbocycles. The van der Waals surface area contributed by atoms with Crippen LogP contribution in [0.4, 0.5) is 0 Å². The molecule has 0 bridgehead atoms. The van der Waals surface area contributed by atoms with Crippen molar-refractivity contribution in [2.75, 3.05) is 0 Å². The van der Waals surface area contributed by atoms with Crippen molar-refractivity contribution in [3.63, 3.8) is 0 Å². The molecular weight excluding hydrogens is 380 g/mol. The summed E-state index contributed by atoms with van der Waals surface area (Å²) in [5.74, 6) is 0.696. The van der Waals surface area contributed by atoms with E-state index in [9.17, 15) is 4.79 Å². The molecule has 3 aromatic rings. The molecule has 0 amide bonds. The first kappa shape index (κ1) is 20.2. The third-order valence-electron chi connectivity index (χ3n) is 5.41. The van der Waals surface area contributed by atoms with E-state index in [1.807, 2.05) is 24.3 Å². The van der Waals surface area contributed by atoms with Crippen LogP contribution in [0, 0.1) is 11.8 Å². The number of nitrogens with zero attached hydrogens (tertiary/aromatic N) is 3. The van der Waals surface area contributed by atoms with E-state index in [0.717, 1.165) is 23.2 Å². The zero-order valence-corrected chi connectivity index (χ0v) is 17.2. The van der Waals surface area contributed by atoms with Crippen LogP contribution in [0.3, 0.4) is 0 Å². The van der Waals surface area contributed by atoms with Crippen molar-refractivity contribution < 1.29 is 14.4 Å². The minimum Gasteiger partial charge on any atom is -0.481 e. The fraction of sp³-hybridized carbons (Fsp3) is 0.391. The first-order valence-electron chi connectivity index (χ1n) is 10.3. The van der Waals surface area contributed by atoms with Gasteiger partial charge in [0.15, 0.2) is 0 Å². The molecule has 0 saturated heterocycles. The second-order valence-electron chi connectivity index (χ2n) is 8.34. The summed E-state index contributed by atoms with van der Waals surface area (Å²) in [5.41, 5.74) is 3.87. The van der Waals surface area contributed by atoms with Crippen molar-refractivity contribution in [1.82, 2.24) is 20.4 Å². The van der Waals surface area contributed by atoms with Crippen LogP contribution < -0.4 is 5.32 Å². The fourth-order valence-corrected chi connectivity index (χ4v) is 3.61. The van der Waals surface area contributed by atoms with Gasteiger partial charge in [-0.3, -0.25) is 9.78 Å². The molecule has 0 spiro atoms. The standard InChI is InChI=1S/C23H26N4O3/c1-14(2)9-15-3-5-16(6-4-15)22-26-21(27-30-22)17-7-8-19(24-12-17)13-25-20-10-18(11-20)23(28)29/h3-8,12,14,18,20,25H,9-11,13H2,1-2H3,(H,28,29). The van der Waals surface area contributed by atoms with Crippen LogP contribution in [0.15, 0.2) is 47.1 Å². The average molecular weight is 406 g/mol. The minimum atomic E-state index is -0.707. The highest BCUT2D eigenvalue weighted by molar-refractivity contribution is 5.71. The number of pyridine rings is 1. The number of nitrogens with one attached hydrogen (secondary N) is 1. The van der Waals surface area contributed by atoms with Gasteiger partial charge in [0.1, 0.15) is 0 Å². The van der Waals surface area contributed by atoms with Gasteiger partial charge in [-0.2, -0.15) is 4.98 Å². The Kier molecular flexibility index (Phi) is 5.90. The van der Waals surface area contributed by atoms with Crippen molar-refractivity contribution in [2.45, 2.75) is 45.7 Å². The summed E-state index contributed by atoms with van der Waals surface area (Å²) in [6.45, 7) is 5.02. The minimum absolute atomic E-state index is 0.211. The van der Waals surface area contributed by atoms with E-state index in [-0.39, 0.29) is 12.0 Å². The zero-order chi connectivity index (χ0) is 21.1. The predicted octanol–water partition coefficient (Wildman–Crippen LogP) is 3.95. The lowest BCUT2D eigenvalue weighted by Gasteiger charge is -2.32. The van der Waals surface area contributed by atoms with Gasteiger partial charge in [-0.05, 0) is 55.0 Å². The van der Waals surface area contributed by atoms with E-state index in [2.05, 4.69) is 46.4 Å². The Morgan fingerprint density at radius 1 is 1.17 bits per heavy atom. The first-order valence-corrected chi connectivity index (χ1v) is 10.3. The highest BCUT2D eigenvalue weighted by atomic mass is 16.5. The molecule has 30 heavy (non-hydrogen) atoms. The molecule has 0 radical (unpaired) electrons. The first-order chi connectivity index (χ1) is 14.5. The van der Waals surface area contributed by atoms with Crippen LogP contribution in [0.2, 0.25) is 0 Å². The van der Waals surface area contributed by atoms with Gasteiger partial charge in [0.2, 0.25) is 5.82 Å². The summed E-state index contributed by atoms with van der Waals surface area (Å²) < 4.78 is 5.44. The molecule has 2 aromatic heterocycles. The quantitative estimate of drug-likeness (QED) is 0.584. The predicted molar refractivity (Wildman–Crippen MR) is 112 cm³/mol. The van der Waals surface area contributed by atoms with Crippen LogP contribution in [0.5, 0.6) is 0 Å². The Balaban J connectivity index is 1.35. The Labute approximate surface area is 175 Å². The molecule has 1 fully saturated rings. The molecule has 0 atom stereocenters. The smallest absolute Gasteiger partial charge is 0.306 e. The summed E-state index contributed by atoms with van der Waals surface area (Å²) >= 11 is 0. The summed E-state index contributed by atoms with van der Waals surface area (Å²) in [6, 6.07) is 12.3. The molecule has 0 aliphatic heterocycles. The molecule has 1 saturated carbocycles. The molecule has 7 heteroatoms. The molecule has 0 unspecified atom stereocenters. The number of aliphatic carboxylic acids is 1.